The average molecular weight is 331 g/mol. The highest BCUT2D eigenvalue weighted by atomic mass is 35.7. The standard InChI is InChI=1S/C14H19ClN2O3S/c1-2-3-9-6-12(9)16-14(18)13-7-11(21(15,19)20)8-17(13)10-4-5-10/h7-10,12H,2-6H2,1H3,(H,16,18). The van der Waals surface area contributed by atoms with Gasteiger partial charge in [0, 0.05) is 29.0 Å². The van der Waals surface area contributed by atoms with E-state index < -0.39 is 9.05 Å². The Morgan fingerprint density at radius 1 is 1.48 bits per heavy atom. The van der Waals surface area contributed by atoms with Gasteiger partial charge in [0.1, 0.15) is 10.6 Å². The highest BCUT2D eigenvalue weighted by Crippen LogP contribution is 2.38. The Labute approximate surface area is 129 Å². The third-order valence-electron chi connectivity index (χ3n) is 4.18. The summed E-state index contributed by atoms with van der Waals surface area (Å²) in [5, 5.41) is 3.00. The van der Waals surface area contributed by atoms with Gasteiger partial charge in [0.2, 0.25) is 0 Å². The van der Waals surface area contributed by atoms with Crippen molar-refractivity contribution in [1.82, 2.24) is 9.88 Å². The topological polar surface area (TPSA) is 68.2 Å². The lowest BCUT2D eigenvalue weighted by Crippen LogP contribution is -2.28. The minimum absolute atomic E-state index is 0.00196. The van der Waals surface area contributed by atoms with Crippen LogP contribution >= 0.6 is 10.7 Å². The molecule has 5 nitrogen and oxygen atoms in total. The van der Waals surface area contributed by atoms with Crippen LogP contribution in [-0.4, -0.2) is 24.9 Å². The fourth-order valence-corrected chi connectivity index (χ4v) is 3.53. The van der Waals surface area contributed by atoms with Crippen molar-refractivity contribution in [2.24, 2.45) is 5.92 Å². The predicted octanol–water partition coefficient (Wildman–Crippen LogP) is 2.67. The monoisotopic (exact) mass is 330 g/mol. The number of carbonyl (C=O) groups excluding carboxylic acids is 1. The second kappa shape index (κ2) is 5.32. The SMILES string of the molecule is CCCC1CC1NC(=O)c1cc(S(=O)(=O)Cl)cn1C1CC1. The molecule has 2 saturated carbocycles. The van der Waals surface area contributed by atoms with E-state index in [0.29, 0.717) is 11.6 Å². The second-order valence-electron chi connectivity index (χ2n) is 6.00. The molecule has 2 atom stereocenters. The first-order valence-corrected chi connectivity index (χ1v) is 9.68. The number of rotatable bonds is 6. The van der Waals surface area contributed by atoms with Crippen LogP contribution in [0.25, 0.3) is 0 Å². The molecule has 1 amide bonds. The minimum atomic E-state index is -3.80. The lowest BCUT2D eigenvalue weighted by Gasteiger charge is -2.08. The zero-order chi connectivity index (χ0) is 15.2. The number of hydrogen-bond acceptors (Lipinski definition) is 3. The quantitative estimate of drug-likeness (QED) is 0.815. The summed E-state index contributed by atoms with van der Waals surface area (Å²) in [6.07, 6.45) is 6.67. The molecule has 7 heteroatoms. The van der Waals surface area contributed by atoms with Crippen molar-refractivity contribution < 1.29 is 13.2 Å². The van der Waals surface area contributed by atoms with Crippen molar-refractivity contribution in [3.63, 3.8) is 0 Å². The largest absolute Gasteiger partial charge is 0.348 e. The van der Waals surface area contributed by atoms with Gasteiger partial charge in [-0.15, -0.1) is 0 Å². The summed E-state index contributed by atoms with van der Waals surface area (Å²) >= 11 is 0. The minimum Gasteiger partial charge on any atom is -0.348 e. The summed E-state index contributed by atoms with van der Waals surface area (Å²) in [5.74, 6) is 0.372. The van der Waals surface area contributed by atoms with Gasteiger partial charge in [0.25, 0.3) is 15.0 Å². The number of halogens is 1. The summed E-state index contributed by atoms with van der Waals surface area (Å²) in [5.41, 5.74) is 0.402. The molecule has 0 radical (unpaired) electrons. The summed E-state index contributed by atoms with van der Waals surface area (Å²) < 4.78 is 24.7. The fourth-order valence-electron chi connectivity index (χ4n) is 2.78. The van der Waals surface area contributed by atoms with Gasteiger partial charge in [-0.25, -0.2) is 8.42 Å². The van der Waals surface area contributed by atoms with Gasteiger partial charge >= 0.3 is 0 Å². The summed E-state index contributed by atoms with van der Waals surface area (Å²) in [6.45, 7) is 2.13. The van der Waals surface area contributed by atoms with Crippen LogP contribution in [0.2, 0.25) is 0 Å². The highest BCUT2D eigenvalue weighted by Gasteiger charge is 2.38. The molecule has 21 heavy (non-hydrogen) atoms. The zero-order valence-electron chi connectivity index (χ0n) is 11.9. The smallest absolute Gasteiger partial charge is 0.268 e. The molecular weight excluding hydrogens is 312 g/mol. The first-order chi connectivity index (χ1) is 9.90. The molecule has 116 valence electrons. The fraction of sp³-hybridized carbons (Fsp3) is 0.643. The van der Waals surface area contributed by atoms with Gasteiger partial charge in [-0.3, -0.25) is 4.79 Å². The van der Waals surface area contributed by atoms with E-state index in [1.807, 2.05) is 0 Å². The Morgan fingerprint density at radius 3 is 2.76 bits per heavy atom. The molecule has 0 spiro atoms. The summed E-state index contributed by atoms with van der Waals surface area (Å²) in [4.78, 5) is 12.4. The van der Waals surface area contributed by atoms with Crippen LogP contribution < -0.4 is 5.32 Å². The third-order valence-corrected chi connectivity index (χ3v) is 5.50. The molecule has 0 aromatic carbocycles. The normalized spacial score (nSPS) is 24.9. The Bertz CT molecular complexity index is 664. The summed E-state index contributed by atoms with van der Waals surface area (Å²) in [7, 11) is 1.58. The lowest BCUT2D eigenvalue weighted by atomic mass is 10.2. The van der Waals surface area contributed by atoms with Crippen LogP contribution in [-0.2, 0) is 9.05 Å². The predicted molar refractivity (Wildman–Crippen MR) is 80.0 cm³/mol. The zero-order valence-corrected chi connectivity index (χ0v) is 13.5. The van der Waals surface area contributed by atoms with E-state index >= 15 is 0 Å². The maximum atomic E-state index is 12.4. The molecule has 3 rings (SSSR count). The van der Waals surface area contributed by atoms with Gasteiger partial charge in [0.15, 0.2) is 0 Å². The summed E-state index contributed by atoms with van der Waals surface area (Å²) in [6, 6.07) is 1.84. The highest BCUT2D eigenvalue weighted by molar-refractivity contribution is 8.13. The number of hydrogen-bond donors (Lipinski definition) is 1. The molecule has 1 heterocycles. The molecule has 1 N–H and O–H groups in total. The van der Waals surface area contributed by atoms with E-state index in [2.05, 4.69) is 12.2 Å². The van der Waals surface area contributed by atoms with Gasteiger partial charge in [-0.05, 0) is 37.7 Å². The average Bonchev–Trinajstić information content (AvgIpc) is 3.30. The number of aromatic nitrogens is 1. The van der Waals surface area contributed by atoms with Gasteiger partial charge in [-0.1, -0.05) is 13.3 Å². The van der Waals surface area contributed by atoms with Crippen LogP contribution in [0, 0.1) is 5.92 Å². The molecule has 2 fully saturated rings. The van der Waals surface area contributed by atoms with Crippen LogP contribution in [0.1, 0.15) is 55.6 Å². The molecule has 0 saturated heterocycles. The van der Waals surface area contributed by atoms with Crippen LogP contribution in [0.4, 0.5) is 0 Å². The second-order valence-corrected chi connectivity index (χ2v) is 8.57. The Hall–Kier alpha value is -1.01. The molecule has 0 aliphatic heterocycles. The number of amides is 1. The van der Waals surface area contributed by atoms with E-state index in [4.69, 9.17) is 10.7 Å². The maximum Gasteiger partial charge on any atom is 0.268 e. The molecular formula is C14H19ClN2O3S. The molecule has 0 bridgehead atoms. The van der Waals surface area contributed by atoms with E-state index in [9.17, 15) is 13.2 Å². The van der Waals surface area contributed by atoms with E-state index in [-0.39, 0.29) is 22.9 Å². The molecule has 1 aromatic rings. The van der Waals surface area contributed by atoms with E-state index in [1.165, 1.54) is 12.3 Å². The molecule has 1 aromatic heterocycles. The lowest BCUT2D eigenvalue weighted by molar-refractivity contribution is 0.0939. The van der Waals surface area contributed by atoms with Crippen molar-refractivity contribution in [1.29, 1.82) is 0 Å². The number of nitrogens with one attached hydrogen (secondary N) is 1. The van der Waals surface area contributed by atoms with Crippen molar-refractivity contribution in [2.45, 2.75) is 56.0 Å². The van der Waals surface area contributed by atoms with Gasteiger partial charge in [-0.2, -0.15) is 0 Å². The van der Waals surface area contributed by atoms with Crippen molar-refractivity contribution in [3.05, 3.63) is 18.0 Å². The van der Waals surface area contributed by atoms with Gasteiger partial charge in [0.05, 0.1) is 0 Å². The molecule has 2 aliphatic rings. The first-order valence-electron chi connectivity index (χ1n) is 7.37. The Kier molecular flexibility index (Phi) is 3.78. The molecule has 2 unspecified atom stereocenters. The third kappa shape index (κ3) is 3.26. The number of nitrogens with zero attached hydrogens (tertiary/aromatic N) is 1. The van der Waals surface area contributed by atoms with Crippen molar-refractivity contribution in [2.75, 3.05) is 0 Å². The van der Waals surface area contributed by atoms with Crippen molar-refractivity contribution >= 4 is 25.6 Å². The van der Waals surface area contributed by atoms with E-state index in [1.54, 1.807) is 4.57 Å². The maximum absolute atomic E-state index is 12.4. The van der Waals surface area contributed by atoms with Gasteiger partial charge < -0.3 is 9.88 Å². The Balaban J connectivity index is 1.77. The van der Waals surface area contributed by atoms with Crippen molar-refractivity contribution in [3.8, 4) is 0 Å². The van der Waals surface area contributed by atoms with Crippen LogP contribution in [0.5, 0.6) is 0 Å². The number of carbonyl (C=O) groups is 1. The molecule has 2 aliphatic carbocycles. The first kappa shape index (κ1) is 14.9. The Morgan fingerprint density at radius 2 is 2.19 bits per heavy atom. The van der Waals surface area contributed by atoms with E-state index in [0.717, 1.165) is 32.1 Å². The van der Waals surface area contributed by atoms with Crippen LogP contribution in [0.15, 0.2) is 17.2 Å². The van der Waals surface area contributed by atoms with Crippen LogP contribution in [0.3, 0.4) is 0 Å².